The van der Waals surface area contributed by atoms with Crippen LogP contribution in [0.25, 0.3) is 11.4 Å². The number of nitrogens with zero attached hydrogens (tertiary/aromatic N) is 4. The molecule has 88 valence electrons. The van der Waals surface area contributed by atoms with E-state index >= 15 is 0 Å². The van der Waals surface area contributed by atoms with Gasteiger partial charge in [-0.15, -0.1) is 0 Å². The Morgan fingerprint density at radius 1 is 1.24 bits per heavy atom. The first-order valence-corrected chi connectivity index (χ1v) is 5.53. The fourth-order valence-electron chi connectivity index (χ4n) is 1.33. The molecule has 2 rings (SSSR count). The molecular formula is C11H11ClN4O. The minimum absolute atomic E-state index is 0.111. The van der Waals surface area contributed by atoms with Gasteiger partial charge < -0.3 is 4.74 Å². The van der Waals surface area contributed by atoms with E-state index in [2.05, 4.69) is 19.9 Å². The molecule has 0 aliphatic rings. The van der Waals surface area contributed by atoms with Crippen LogP contribution in [-0.2, 0) is 0 Å². The Morgan fingerprint density at radius 3 is 2.76 bits per heavy atom. The molecule has 0 radical (unpaired) electrons. The summed E-state index contributed by atoms with van der Waals surface area (Å²) in [5.74, 6) is 0.463. The summed E-state index contributed by atoms with van der Waals surface area (Å²) in [6, 6.07) is 2.15. The van der Waals surface area contributed by atoms with Crippen molar-refractivity contribution in [3.63, 3.8) is 0 Å². The highest BCUT2D eigenvalue weighted by molar-refractivity contribution is 6.28. The molecule has 0 aliphatic carbocycles. The SMILES string of the molecule is CCOc1nc(Cl)nc(-c2cncc(C)c2)n1. The van der Waals surface area contributed by atoms with Crippen LogP contribution >= 0.6 is 11.6 Å². The van der Waals surface area contributed by atoms with Crippen molar-refractivity contribution in [2.45, 2.75) is 13.8 Å². The van der Waals surface area contributed by atoms with E-state index in [0.29, 0.717) is 12.4 Å². The standard InChI is InChI=1S/C11H11ClN4O/c1-3-17-11-15-9(14-10(12)16-11)8-4-7(2)5-13-6-8/h4-6H,3H2,1-2H3. The highest BCUT2D eigenvalue weighted by Gasteiger charge is 2.08. The van der Waals surface area contributed by atoms with E-state index in [-0.39, 0.29) is 11.3 Å². The summed E-state index contributed by atoms with van der Waals surface area (Å²) in [4.78, 5) is 16.2. The Labute approximate surface area is 104 Å². The second-order valence-electron chi connectivity index (χ2n) is 3.39. The Morgan fingerprint density at radius 2 is 2.06 bits per heavy atom. The maximum atomic E-state index is 5.81. The van der Waals surface area contributed by atoms with Gasteiger partial charge in [0, 0.05) is 18.0 Å². The molecule has 0 fully saturated rings. The van der Waals surface area contributed by atoms with Gasteiger partial charge in [-0.05, 0) is 37.1 Å². The fourth-order valence-corrected chi connectivity index (χ4v) is 1.48. The van der Waals surface area contributed by atoms with Gasteiger partial charge in [0.1, 0.15) is 0 Å². The van der Waals surface area contributed by atoms with Crippen LogP contribution in [0.2, 0.25) is 5.28 Å². The third-order valence-corrected chi connectivity index (χ3v) is 2.16. The summed E-state index contributed by atoms with van der Waals surface area (Å²) in [5, 5.41) is 0.111. The first-order chi connectivity index (χ1) is 8.19. The topological polar surface area (TPSA) is 60.8 Å². The Balaban J connectivity index is 2.44. The Hall–Kier alpha value is -1.75. The first-order valence-electron chi connectivity index (χ1n) is 5.15. The van der Waals surface area contributed by atoms with E-state index < -0.39 is 0 Å². The zero-order valence-corrected chi connectivity index (χ0v) is 10.3. The molecule has 0 aromatic carbocycles. The molecule has 0 bridgehead atoms. The molecule has 6 heteroatoms. The van der Waals surface area contributed by atoms with E-state index in [0.717, 1.165) is 11.1 Å². The molecule has 0 N–H and O–H groups in total. The van der Waals surface area contributed by atoms with E-state index in [1.54, 1.807) is 12.4 Å². The molecule has 0 unspecified atom stereocenters. The molecule has 0 saturated heterocycles. The maximum Gasteiger partial charge on any atom is 0.321 e. The molecule has 2 heterocycles. The number of aryl methyl sites for hydroxylation is 1. The predicted octanol–water partition coefficient (Wildman–Crippen LogP) is 2.29. The molecule has 0 atom stereocenters. The number of hydrogen-bond donors (Lipinski definition) is 0. The third kappa shape index (κ3) is 2.88. The van der Waals surface area contributed by atoms with Crippen LogP contribution < -0.4 is 4.74 Å². The maximum absolute atomic E-state index is 5.81. The number of aromatic nitrogens is 4. The number of hydrogen-bond acceptors (Lipinski definition) is 5. The first kappa shape index (κ1) is 11.7. The molecule has 2 aromatic rings. The summed E-state index contributed by atoms with van der Waals surface area (Å²) < 4.78 is 5.21. The largest absolute Gasteiger partial charge is 0.464 e. The van der Waals surface area contributed by atoms with Crippen molar-refractivity contribution >= 4 is 11.6 Å². The zero-order chi connectivity index (χ0) is 12.3. The van der Waals surface area contributed by atoms with Crippen LogP contribution in [0.3, 0.4) is 0 Å². The van der Waals surface area contributed by atoms with Gasteiger partial charge in [0.15, 0.2) is 5.82 Å². The lowest BCUT2D eigenvalue weighted by molar-refractivity contribution is 0.312. The minimum atomic E-state index is 0.111. The van der Waals surface area contributed by atoms with E-state index in [9.17, 15) is 0 Å². The molecule has 0 spiro atoms. The summed E-state index contributed by atoms with van der Waals surface area (Å²) >= 11 is 5.81. The average Bonchev–Trinajstić information content (AvgIpc) is 2.28. The Bertz CT molecular complexity index is 533. The van der Waals surface area contributed by atoms with E-state index in [1.165, 1.54) is 0 Å². The van der Waals surface area contributed by atoms with Crippen LogP contribution in [0.1, 0.15) is 12.5 Å². The lowest BCUT2D eigenvalue weighted by Gasteiger charge is -2.04. The predicted molar refractivity (Wildman–Crippen MR) is 64.0 cm³/mol. The minimum Gasteiger partial charge on any atom is -0.464 e. The van der Waals surface area contributed by atoms with E-state index in [1.807, 2.05) is 19.9 Å². The number of pyridine rings is 1. The van der Waals surface area contributed by atoms with Crippen molar-refractivity contribution in [2.24, 2.45) is 0 Å². The molecule has 0 saturated carbocycles. The summed E-state index contributed by atoms with van der Waals surface area (Å²) in [7, 11) is 0. The highest BCUT2D eigenvalue weighted by Crippen LogP contribution is 2.18. The third-order valence-electron chi connectivity index (χ3n) is 1.99. The molecule has 17 heavy (non-hydrogen) atoms. The van der Waals surface area contributed by atoms with Crippen molar-refractivity contribution in [3.8, 4) is 17.4 Å². The molecular weight excluding hydrogens is 240 g/mol. The summed E-state index contributed by atoms with van der Waals surface area (Å²) in [6.45, 7) is 4.28. The van der Waals surface area contributed by atoms with Crippen molar-refractivity contribution in [1.82, 2.24) is 19.9 Å². The molecule has 0 amide bonds. The monoisotopic (exact) mass is 250 g/mol. The average molecular weight is 251 g/mol. The van der Waals surface area contributed by atoms with Gasteiger partial charge in [0.05, 0.1) is 6.61 Å². The smallest absolute Gasteiger partial charge is 0.321 e. The lowest BCUT2D eigenvalue weighted by atomic mass is 10.2. The lowest BCUT2D eigenvalue weighted by Crippen LogP contribution is -2.01. The number of halogens is 1. The van der Waals surface area contributed by atoms with Gasteiger partial charge >= 0.3 is 6.01 Å². The molecule has 5 nitrogen and oxygen atoms in total. The van der Waals surface area contributed by atoms with E-state index in [4.69, 9.17) is 16.3 Å². The van der Waals surface area contributed by atoms with Crippen molar-refractivity contribution in [3.05, 3.63) is 29.3 Å². The van der Waals surface area contributed by atoms with Crippen LogP contribution in [0.4, 0.5) is 0 Å². The highest BCUT2D eigenvalue weighted by atomic mass is 35.5. The molecule has 0 aliphatic heterocycles. The fraction of sp³-hybridized carbons (Fsp3) is 0.273. The number of ether oxygens (including phenoxy) is 1. The van der Waals surface area contributed by atoms with Crippen LogP contribution in [-0.4, -0.2) is 26.5 Å². The number of rotatable bonds is 3. The van der Waals surface area contributed by atoms with Crippen LogP contribution in [0.15, 0.2) is 18.5 Å². The second kappa shape index (κ2) is 5.05. The van der Waals surface area contributed by atoms with Gasteiger partial charge in [-0.3, -0.25) is 4.98 Å². The van der Waals surface area contributed by atoms with Crippen LogP contribution in [0.5, 0.6) is 6.01 Å². The quantitative estimate of drug-likeness (QED) is 0.836. The zero-order valence-electron chi connectivity index (χ0n) is 9.51. The van der Waals surface area contributed by atoms with Gasteiger partial charge in [-0.2, -0.15) is 15.0 Å². The van der Waals surface area contributed by atoms with Crippen LogP contribution in [0, 0.1) is 6.92 Å². The van der Waals surface area contributed by atoms with Gasteiger partial charge in [-0.25, -0.2) is 0 Å². The van der Waals surface area contributed by atoms with Gasteiger partial charge in [0.25, 0.3) is 0 Å². The van der Waals surface area contributed by atoms with Gasteiger partial charge in [-0.1, -0.05) is 0 Å². The summed E-state index contributed by atoms with van der Waals surface area (Å²) in [6.07, 6.45) is 3.43. The van der Waals surface area contributed by atoms with Crippen molar-refractivity contribution < 1.29 is 4.74 Å². The van der Waals surface area contributed by atoms with Crippen molar-refractivity contribution in [2.75, 3.05) is 6.61 Å². The normalized spacial score (nSPS) is 10.3. The Kier molecular flexibility index (Phi) is 3.49. The van der Waals surface area contributed by atoms with Gasteiger partial charge in [0.2, 0.25) is 5.28 Å². The molecule has 2 aromatic heterocycles. The summed E-state index contributed by atoms with van der Waals surface area (Å²) in [5.41, 5.74) is 1.81. The van der Waals surface area contributed by atoms with Crippen molar-refractivity contribution in [1.29, 1.82) is 0 Å². The second-order valence-corrected chi connectivity index (χ2v) is 3.73.